The van der Waals surface area contributed by atoms with Crippen molar-refractivity contribution in [1.29, 1.82) is 0 Å². The van der Waals surface area contributed by atoms with Crippen molar-refractivity contribution in [3.8, 4) is 0 Å². The highest BCUT2D eigenvalue weighted by Gasteiger charge is 2.29. The van der Waals surface area contributed by atoms with E-state index < -0.39 is 0 Å². The summed E-state index contributed by atoms with van der Waals surface area (Å²) < 4.78 is 14.5. The standard InChI is InChI=1S/C28H26FN3/c1-18-8-11-25(27(29)12-18)23-13-28(31-15-23)20(3)32-16-22-6-4-5-7-24(22)26(17-32)21-10-9-19(2)30-14-21/h4-14,26H,3,15-17H2,1-2H3. The Kier molecular flexibility index (Phi) is 5.22. The largest absolute Gasteiger partial charge is 0.365 e. The molecule has 3 heterocycles. The summed E-state index contributed by atoms with van der Waals surface area (Å²) in [5, 5.41) is 0. The van der Waals surface area contributed by atoms with Crippen LogP contribution in [0, 0.1) is 19.7 Å². The van der Waals surface area contributed by atoms with Crippen molar-refractivity contribution in [2.45, 2.75) is 26.3 Å². The van der Waals surface area contributed by atoms with Crippen molar-refractivity contribution >= 4 is 11.3 Å². The first-order chi connectivity index (χ1) is 15.5. The summed E-state index contributed by atoms with van der Waals surface area (Å²) in [7, 11) is 0. The molecule has 5 rings (SSSR count). The van der Waals surface area contributed by atoms with Crippen LogP contribution < -0.4 is 0 Å². The number of rotatable bonds is 4. The first kappa shape index (κ1) is 20.4. The van der Waals surface area contributed by atoms with Gasteiger partial charge >= 0.3 is 0 Å². The summed E-state index contributed by atoms with van der Waals surface area (Å²) in [5.74, 6) is 0.0157. The Labute approximate surface area is 188 Å². The number of allylic oxidation sites excluding steroid dienone is 1. The van der Waals surface area contributed by atoms with Gasteiger partial charge in [-0.3, -0.25) is 9.98 Å². The molecule has 0 N–H and O–H groups in total. The molecule has 1 atom stereocenters. The molecule has 3 aromatic rings. The quantitative estimate of drug-likeness (QED) is 0.528. The van der Waals surface area contributed by atoms with Gasteiger partial charge in [0, 0.05) is 36.5 Å². The first-order valence-corrected chi connectivity index (χ1v) is 11.0. The number of pyridine rings is 1. The van der Waals surface area contributed by atoms with E-state index in [4.69, 9.17) is 4.99 Å². The minimum Gasteiger partial charge on any atom is -0.365 e. The lowest BCUT2D eigenvalue weighted by atomic mass is 9.85. The lowest BCUT2D eigenvalue weighted by Gasteiger charge is -2.37. The normalized spacial score (nSPS) is 17.6. The number of nitrogens with zero attached hydrogens (tertiary/aromatic N) is 3. The average Bonchev–Trinajstić information content (AvgIpc) is 3.28. The molecule has 1 unspecified atom stereocenters. The van der Waals surface area contributed by atoms with Gasteiger partial charge in [-0.1, -0.05) is 49.0 Å². The summed E-state index contributed by atoms with van der Waals surface area (Å²) in [4.78, 5) is 11.5. The highest BCUT2D eigenvalue weighted by Crippen LogP contribution is 2.35. The van der Waals surface area contributed by atoms with E-state index in [-0.39, 0.29) is 11.7 Å². The van der Waals surface area contributed by atoms with Crippen LogP contribution in [0.3, 0.4) is 0 Å². The Morgan fingerprint density at radius 1 is 1.09 bits per heavy atom. The van der Waals surface area contributed by atoms with Crippen LogP contribution in [-0.2, 0) is 6.54 Å². The van der Waals surface area contributed by atoms with Crippen molar-refractivity contribution in [2.24, 2.45) is 4.99 Å². The molecular weight excluding hydrogens is 397 g/mol. The van der Waals surface area contributed by atoms with E-state index in [2.05, 4.69) is 52.9 Å². The van der Waals surface area contributed by atoms with E-state index in [0.29, 0.717) is 12.1 Å². The maximum atomic E-state index is 14.5. The van der Waals surface area contributed by atoms with Gasteiger partial charge in [-0.25, -0.2) is 4.39 Å². The second-order valence-corrected chi connectivity index (χ2v) is 8.67. The Hall–Kier alpha value is -3.53. The zero-order valence-corrected chi connectivity index (χ0v) is 18.5. The van der Waals surface area contributed by atoms with E-state index in [1.165, 1.54) is 16.7 Å². The molecule has 0 amide bonds. The number of fused-ring (bicyclic) bond motifs is 1. The van der Waals surface area contributed by atoms with E-state index >= 15 is 0 Å². The van der Waals surface area contributed by atoms with Gasteiger partial charge in [0.1, 0.15) is 5.82 Å². The summed E-state index contributed by atoms with van der Waals surface area (Å²) in [6.07, 6.45) is 3.97. The number of hydrogen-bond acceptors (Lipinski definition) is 3. The van der Waals surface area contributed by atoms with Crippen molar-refractivity contribution in [1.82, 2.24) is 9.88 Å². The smallest absolute Gasteiger partial charge is 0.131 e. The van der Waals surface area contributed by atoms with Crippen LogP contribution in [0.2, 0.25) is 0 Å². The lowest BCUT2D eigenvalue weighted by Crippen LogP contribution is -2.35. The van der Waals surface area contributed by atoms with Gasteiger partial charge in [-0.2, -0.15) is 0 Å². The number of halogens is 1. The number of aryl methyl sites for hydroxylation is 2. The molecule has 2 aliphatic rings. The predicted molar refractivity (Wildman–Crippen MR) is 128 cm³/mol. The molecule has 0 saturated heterocycles. The number of benzene rings is 2. The summed E-state index contributed by atoms with van der Waals surface area (Å²) >= 11 is 0. The first-order valence-electron chi connectivity index (χ1n) is 11.0. The van der Waals surface area contributed by atoms with Crippen LogP contribution in [0.1, 0.15) is 39.4 Å². The molecular formula is C28H26FN3. The molecule has 32 heavy (non-hydrogen) atoms. The fourth-order valence-electron chi connectivity index (χ4n) is 4.59. The van der Waals surface area contributed by atoms with Crippen LogP contribution in [0.5, 0.6) is 0 Å². The minimum absolute atomic E-state index is 0.197. The van der Waals surface area contributed by atoms with Gasteiger partial charge in [0.05, 0.1) is 18.0 Å². The number of aromatic nitrogens is 1. The number of aliphatic imine (C=N–C) groups is 1. The lowest BCUT2D eigenvalue weighted by molar-refractivity contribution is 0.319. The molecule has 0 radical (unpaired) electrons. The summed E-state index contributed by atoms with van der Waals surface area (Å²) in [6.45, 7) is 10.4. The fraction of sp³-hybridized carbons (Fsp3) is 0.214. The Balaban J connectivity index is 1.43. The number of hydrogen-bond donors (Lipinski definition) is 0. The zero-order chi connectivity index (χ0) is 22.2. The van der Waals surface area contributed by atoms with Gasteiger partial charge in [0.25, 0.3) is 0 Å². The van der Waals surface area contributed by atoms with Crippen LogP contribution in [0.25, 0.3) is 5.57 Å². The van der Waals surface area contributed by atoms with Crippen LogP contribution in [0.4, 0.5) is 4.39 Å². The fourth-order valence-corrected chi connectivity index (χ4v) is 4.59. The molecule has 0 spiro atoms. The Morgan fingerprint density at radius 2 is 1.94 bits per heavy atom. The molecule has 2 aromatic carbocycles. The second kappa shape index (κ2) is 8.19. The van der Waals surface area contributed by atoms with Gasteiger partial charge in [-0.15, -0.1) is 0 Å². The van der Waals surface area contributed by atoms with Crippen LogP contribution in [-0.4, -0.2) is 28.7 Å². The molecule has 2 aliphatic heterocycles. The maximum Gasteiger partial charge on any atom is 0.131 e. The van der Waals surface area contributed by atoms with Crippen LogP contribution >= 0.6 is 0 Å². The van der Waals surface area contributed by atoms with E-state index in [0.717, 1.165) is 41.3 Å². The highest BCUT2D eigenvalue weighted by molar-refractivity contribution is 6.14. The summed E-state index contributed by atoms with van der Waals surface area (Å²) in [6, 6.07) is 18.2. The summed E-state index contributed by atoms with van der Waals surface area (Å²) in [5.41, 5.74) is 9.00. The van der Waals surface area contributed by atoms with E-state index in [1.807, 2.05) is 38.3 Å². The zero-order valence-electron chi connectivity index (χ0n) is 18.5. The SMILES string of the molecule is C=C(C1=NCC(c2ccc(C)cc2F)=C1)N1Cc2ccccc2C(c2ccc(C)nc2)C1. The van der Waals surface area contributed by atoms with Crippen molar-refractivity contribution in [2.75, 3.05) is 13.1 Å². The molecule has 0 bridgehead atoms. The monoisotopic (exact) mass is 423 g/mol. The molecule has 0 fully saturated rings. The molecule has 160 valence electrons. The predicted octanol–water partition coefficient (Wildman–Crippen LogP) is 5.84. The van der Waals surface area contributed by atoms with Crippen molar-refractivity contribution in [3.63, 3.8) is 0 Å². The molecule has 4 heteroatoms. The molecule has 0 aliphatic carbocycles. The third-order valence-electron chi connectivity index (χ3n) is 6.41. The van der Waals surface area contributed by atoms with Crippen LogP contribution in [0.15, 0.2) is 84.1 Å². The topological polar surface area (TPSA) is 28.5 Å². The molecule has 0 saturated carbocycles. The Bertz CT molecular complexity index is 1250. The van der Waals surface area contributed by atoms with E-state index in [9.17, 15) is 4.39 Å². The third-order valence-corrected chi connectivity index (χ3v) is 6.41. The minimum atomic E-state index is -0.197. The van der Waals surface area contributed by atoms with Gasteiger partial charge in [0.15, 0.2) is 0 Å². The Morgan fingerprint density at radius 3 is 2.72 bits per heavy atom. The van der Waals surface area contributed by atoms with E-state index in [1.54, 1.807) is 6.07 Å². The average molecular weight is 424 g/mol. The van der Waals surface area contributed by atoms with Crippen molar-refractivity contribution in [3.05, 3.63) is 118 Å². The van der Waals surface area contributed by atoms with Crippen molar-refractivity contribution < 1.29 is 4.39 Å². The second-order valence-electron chi connectivity index (χ2n) is 8.67. The maximum absolute atomic E-state index is 14.5. The third kappa shape index (κ3) is 3.77. The van der Waals surface area contributed by atoms with Gasteiger partial charge in [-0.05, 0) is 59.9 Å². The highest BCUT2D eigenvalue weighted by atomic mass is 19.1. The molecule has 1 aromatic heterocycles. The van der Waals surface area contributed by atoms with Gasteiger partial charge < -0.3 is 4.90 Å². The van der Waals surface area contributed by atoms with Gasteiger partial charge in [0.2, 0.25) is 0 Å². The molecule has 3 nitrogen and oxygen atoms in total.